The third-order valence-corrected chi connectivity index (χ3v) is 6.93. The molecule has 2 unspecified atom stereocenters. The fourth-order valence-electron chi connectivity index (χ4n) is 5.27. The molecule has 3 aliphatic rings. The lowest BCUT2D eigenvalue weighted by Gasteiger charge is -2.41. The minimum atomic E-state index is -0.510. The number of nitrogens with zero attached hydrogens (tertiary/aromatic N) is 4. The van der Waals surface area contributed by atoms with E-state index in [2.05, 4.69) is 4.98 Å². The standard InChI is InChI=1S/C26H23FN4O2.CH4/c1-15-25(32)29(2)24-21(27)12-18(13-22(24)30(15)17-9-10-17)31-23(16-6-5-11-28-14-16)19-7-3-4-8-20(19)26(31)33;/h3-8,11-15,17,23H,9-10H2,1-2H3;1H4. The van der Waals surface area contributed by atoms with Gasteiger partial charge in [-0.05, 0) is 55.2 Å². The van der Waals surface area contributed by atoms with Crippen LogP contribution in [0, 0.1) is 5.82 Å². The molecule has 2 aliphatic heterocycles. The van der Waals surface area contributed by atoms with Crippen molar-refractivity contribution in [3.05, 3.63) is 83.4 Å². The molecule has 3 aromatic rings. The number of rotatable bonds is 3. The van der Waals surface area contributed by atoms with Crippen LogP contribution in [0.25, 0.3) is 0 Å². The van der Waals surface area contributed by atoms with Gasteiger partial charge in [0.1, 0.15) is 11.7 Å². The lowest BCUT2D eigenvalue weighted by molar-refractivity contribution is -0.119. The minimum absolute atomic E-state index is 0. The van der Waals surface area contributed by atoms with Gasteiger partial charge in [0.2, 0.25) is 5.91 Å². The van der Waals surface area contributed by atoms with Gasteiger partial charge in [-0.2, -0.15) is 0 Å². The van der Waals surface area contributed by atoms with E-state index in [0.29, 0.717) is 16.9 Å². The monoisotopic (exact) mass is 458 g/mol. The Kier molecular flexibility index (Phi) is 5.15. The second kappa shape index (κ2) is 7.94. The van der Waals surface area contributed by atoms with Gasteiger partial charge in [-0.3, -0.25) is 19.5 Å². The molecule has 0 spiro atoms. The molecule has 7 heteroatoms. The third kappa shape index (κ3) is 3.10. The summed E-state index contributed by atoms with van der Waals surface area (Å²) in [4.78, 5) is 35.7. The molecule has 2 atom stereocenters. The number of aromatic nitrogens is 1. The van der Waals surface area contributed by atoms with E-state index in [1.54, 1.807) is 30.4 Å². The molecule has 0 N–H and O–H groups in total. The largest absolute Gasteiger partial charge is 0.355 e. The van der Waals surface area contributed by atoms with Crippen LogP contribution < -0.4 is 14.7 Å². The summed E-state index contributed by atoms with van der Waals surface area (Å²) >= 11 is 0. The fraction of sp³-hybridized carbons (Fsp3) is 0.296. The Morgan fingerprint density at radius 3 is 2.53 bits per heavy atom. The Morgan fingerprint density at radius 1 is 1.06 bits per heavy atom. The quantitative estimate of drug-likeness (QED) is 0.558. The summed E-state index contributed by atoms with van der Waals surface area (Å²) in [5.41, 5.74) is 3.74. The number of amides is 2. The van der Waals surface area contributed by atoms with Crippen molar-refractivity contribution < 1.29 is 14.0 Å². The number of hydrogen-bond acceptors (Lipinski definition) is 4. The Labute approximate surface area is 198 Å². The maximum Gasteiger partial charge on any atom is 0.259 e. The Bertz CT molecular complexity index is 1290. The van der Waals surface area contributed by atoms with Crippen LogP contribution in [0.4, 0.5) is 21.5 Å². The first-order valence-electron chi connectivity index (χ1n) is 11.2. The molecule has 2 amide bonds. The zero-order valence-corrected chi connectivity index (χ0v) is 18.4. The molecule has 1 aromatic heterocycles. The van der Waals surface area contributed by atoms with E-state index in [-0.39, 0.29) is 37.0 Å². The number of hydrogen-bond donors (Lipinski definition) is 0. The molecule has 6 rings (SSSR count). The Hall–Kier alpha value is -3.74. The molecule has 1 saturated carbocycles. The van der Waals surface area contributed by atoms with Crippen molar-refractivity contribution in [2.24, 2.45) is 0 Å². The molecule has 0 bridgehead atoms. The van der Waals surface area contributed by atoms with E-state index in [1.165, 1.54) is 11.0 Å². The van der Waals surface area contributed by atoms with E-state index in [1.807, 2.05) is 48.2 Å². The lowest BCUT2D eigenvalue weighted by atomic mass is 9.99. The zero-order valence-electron chi connectivity index (χ0n) is 18.4. The van der Waals surface area contributed by atoms with Gasteiger partial charge in [0, 0.05) is 31.0 Å². The van der Waals surface area contributed by atoms with Gasteiger partial charge in [0.05, 0.1) is 17.4 Å². The van der Waals surface area contributed by atoms with Crippen LogP contribution >= 0.6 is 0 Å². The second-order valence-corrected chi connectivity index (χ2v) is 8.96. The number of pyridine rings is 1. The van der Waals surface area contributed by atoms with E-state index in [4.69, 9.17) is 0 Å². The molecule has 6 nitrogen and oxygen atoms in total. The number of likely N-dealkylation sites (N-methyl/N-ethyl adjacent to an activating group) is 1. The van der Waals surface area contributed by atoms with Crippen molar-refractivity contribution in [1.82, 2.24) is 4.98 Å². The van der Waals surface area contributed by atoms with Gasteiger partial charge in [-0.25, -0.2) is 4.39 Å². The second-order valence-electron chi connectivity index (χ2n) is 8.96. The van der Waals surface area contributed by atoms with E-state index in [0.717, 1.165) is 24.0 Å². The van der Waals surface area contributed by atoms with Crippen LogP contribution in [0.15, 0.2) is 60.9 Å². The van der Waals surface area contributed by atoms with Crippen LogP contribution in [0.3, 0.4) is 0 Å². The van der Waals surface area contributed by atoms with Crippen molar-refractivity contribution in [2.75, 3.05) is 21.7 Å². The van der Waals surface area contributed by atoms with Crippen LogP contribution in [0.1, 0.15) is 54.7 Å². The van der Waals surface area contributed by atoms with Gasteiger partial charge in [0.25, 0.3) is 5.91 Å². The molecule has 1 aliphatic carbocycles. The van der Waals surface area contributed by atoms with Gasteiger partial charge in [0.15, 0.2) is 5.82 Å². The zero-order chi connectivity index (χ0) is 22.9. The summed E-state index contributed by atoms with van der Waals surface area (Å²) in [6.07, 6.45) is 5.38. The van der Waals surface area contributed by atoms with Gasteiger partial charge in [-0.1, -0.05) is 31.7 Å². The summed E-state index contributed by atoms with van der Waals surface area (Å²) in [5, 5.41) is 0. The normalized spacial score (nSPS) is 21.3. The first-order valence-corrected chi connectivity index (χ1v) is 11.2. The van der Waals surface area contributed by atoms with E-state index in [9.17, 15) is 9.59 Å². The molecule has 174 valence electrons. The van der Waals surface area contributed by atoms with Crippen LogP contribution in [-0.2, 0) is 4.79 Å². The number of halogens is 1. The van der Waals surface area contributed by atoms with Crippen LogP contribution in [0.2, 0.25) is 0 Å². The van der Waals surface area contributed by atoms with Crippen molar-refractivity contribution in [3.8, 4) is 0 Å². The number of anilines is 3. The molecular weight excluding hydrogens is 431 g/mol. The van der Waals surface area contributed by atoms with Crippen LogP contribution in [0.5, 0.6) is 0 Å². The summed E-state index contributed by atoms with van der Waals surface area (Å²) in [5.74, 6) is -0.811. The topological polar surface area (TPSA) is 56.8 Å². The van der Waals surface area contributed by atoms with Crippen molar-refractivity contribution in [1.29, 1.82) is 0 Å². The van der Waals surface area contributed by atoms with E-state index < -0.39 is 11.9 Å². The Balaban J connectivity index is 0.00000241. The molecule has 0 saturated heterocycles. The SMILES string of the molecule is C.CC1C(=O)N(C)c2c(F)cc(N3C(=O)c4ccccc4C3c3cccnc3)cc2N1C1CC1. The predicted octanol–water partition coefficient (Wildman–Crippen LogP) is 4.94. The first kappa shape index (κ1) is 22.1. The van der Waals surface area contributed by atoms with Gasteiger partial charge < -0.3 is 9.80 Å². The van der Waals surface area contributed by atoms with Gasteiger partial charge in [-0.15, -0.1) is 0 Å². The van der Waals surface area contributed by atoms with E-state index >= 15 is 4.39 Å². The Morgan fingerprint density at radius 2 is 1.82 bits per heavy atom. The highest BCUT2D eigenvalue weighted by atomic mass is 19.1. The maximum absolute atomic E-state index is 15.6. The average Bonchev–Trinajstić information content (AvgIpc) is 3.61. The number of benzene rings is 2. The first-order chi connectivity index (χ1) is 16.0. The molecule has 34 heavy (non-hydrogen) atoms. The predicted molar refractivity (Wildman–Crippen MR) is 131 cm³/mol. The highest BCUT2D eigenvalue weighted by Crippen LogP contribution is 2.48. The van der Waals surface area contributed by atoms with Gasteiger partial charge >= 0.3 is 0 Å². The summed E-state index contributed by atoms with van der Waals surface area (Å²) in [7, 11) is 1.61. The fourth-order valence-corrected chi connectivity index (χ4v) is 5.27. The molecular formula is C27H27FN4O2. The van der Waals surface area contributed by atoms with Crippen LogP contribution in [-0.4, -0.2) is 35.9 Å². The highest BCUT2D eigenvalue weighted by molar-refractivity contribution is 6.13. The lowest BCUT2D eigenvalue weighted by Crippen LogP contribution is -2.52. The summed E-state index contributed by atoms with van der Waals surface area (Å²) in [6, 6.07) is 13.9. The number of carbonyl (C=O) groups excluding carboxylic acids is 2. The van der Waals surface area contributed by atoms with Crippen molar-refractivity contribution in [2.45, 2.75) is 45.3 Å². The van der Waals surface area contributed by atoms with Crippen molar-refractivity contribution in [3.63, 3.8) is 0 Å². The summed E-state index contributed by atoms with van der Waals surface area (Å²) in [6.45, 7) is 1.86. The number of carbonyl (C=O) groups is 2. The molecule has 2 aromatic carbocycles. The molecule has 1 fully saturated rings. The summed E-state index contributed by atoms with van der Waals surface area (Å²) < 4.78 is 15.6. The minimum Gasteiger partial charge on any atom is -0.355 e. The smallest absolute Gasteiger partial charge is 0.259 e. The number of fused-ring (bicyclic) bond motifs is 2. The maximum atomic E-state index is 15.6. The highest BCUT2D eigenvalue weighted by Gasteiger charge is 2.44. The average molecular weight is 459 g/mol. The van der Waals surface area contributed by atoms with Crippen molar-refractivity contribution >= 4 is 28.9 Å². The molecule has 3 heterocycles. The third-order valence-electron chi connectivity index (χ3n) is 6.93. The molecule has 0 radical (unpaired) electrons.